The van der Waals surface area contributed by atoms with Crippen molar-refractivity contribution in [3.63, 3.8) is 0 Å². The standard InChI is InChI=1S/C24H27N3O2S/c1-29-22-9-7-19(8-10-22)24-26-21(17-30-24)15-23(28)25-20-11-13-27(14-12-20)16-18-5-3-2-4-6-18/h2-10,17,20H,11-16H2,1H3,(H,25,28). The molecule has 1 N–H and O–H groups in total. The van der Waals surface area contributed by atoms with Crippen LogP contribution in [-0.2, 0) is 17.8 Å². The smallest absolute Gasteiger partial charge is 0.226 e. The van der Waals surface area contributed by atoms with Crippen LogP contribution in [0.4, 0.5) is 0 Å². The van der Waals surface area contributed by atoms with E-state index in [4.69, 9.17) is 4.74 Å². The van der Waals surface area contributed by atoms with Crippen molar-refractivity contribution in [3.8, 4) is 16.3 Å². The number of piperidine rings is 1. The van der Waals surface area contributed by atoms with E-state index in [0.29, 0.717) is 6.42 Å². The highest BCUT2D eigenvalue weighted by Gasteiger charge is 2.21. The summed E-state index contributed by atoms with van der Waals surface area (Å²) in [6.07, 6.45) is 2.32. The Labute approximate surface area is 181 Å². The lowest BCUT2D eigenvalue weighted by Crippen LogP contribution is -2.44. The molecule has 156 valence electrons. The molecular formula is C24H27N3O2S. The first-order chi connectivity index (χ1) is 14.7. The van der Waals surface area contributed by atoms with Crippen LogP contribution in [0, 0.1) is 0 Å². The Morgan fingerprint density at radius 1 is 1.13 bits per heavy atom. The second kappa shape index (κ2) is 9.87. The van der Waals surface area contributed by atoms with Gasteiger partial charge >= 0.3 is 0 Å². The number of likely N-dealkylation sites (tertiary alicyclic amines) is 1. The van der Waals surface area contributed by atoms with Crippen LogP contribution in [-0.4, -0.2) is 42.0 Å². The monoisotopic (exact) mass is 421 g/mol. The predicted molar refractivity (Wildman–Crippen MR) is 121 cm³/mol. The van der Waals surface area contributed by atoms with Crippen LogP contribution in [0.2, 0.25) is 0 Å². The number of thiazole rings is 1. The average Bonchev–Trinajstić information content (AvgIpc) is 3.24. The molecule has 4 rings (SSSR count). The molecule has 3 aromatic rings. The van der Waals surface area contributed by atoms with Gasteiger partial charge in [-0.25, -0.2) is 4.98 Å². The van der Waals surface area contributed by atoms with Crippen LogP contribution >= 0.6 is 11.3 Å². The number of ether oxygens (including phenoxy) is 1. The minimum atomic E-state index is 0.0584. The van der Waals surface area contributed by atoms with E-state index < -0.39 is 0 Å². The number of carbonyl (C=O) groups is 1. The molecule has 0 atom stereocenters. The molecule has 30 heavy (non-hydrogen) atoms. The fourth-order valence-corrected chi connectivity index (χ4v) is 4.60. The SMILES string of the molecule is COc1ccc(-c2nc(CC(=O)NC3CCN(Cc4ccccc4)CC3)cs2)cc1. The highest BCUT2D eigenvalue weighted by Crippen LogP contribution is 2.26. The van der Waals surface area contributed by atoms with Gasteiger partial charge in [-0.2, -0.15) is 0 Å². The third-order valence-electron chi connectivity index (χ3n) is 5.43. The highest BCUT2D eigenvalue weighted by molar-refractivity contribution is 7.13. The fraction of sp³-hybridized carbons (Fsp3) is 0.333. The number of hydrogen-bond donors (Lipinski definition) is 1. The van der Waals surface area contributed by atoms with Gasteiger partial charge < -0.3 is 10.1 Å². The van der Waals surface area contributed by atoms with Crippen molar-refractivity contribution >= 4 is 17.2 Å². The first-order valence-electron chi connectivity index (χ1n) is 10.3. The quantitative estimate of drug-likeness (QED) is 0.623. The van der Waals surface area contributed by atoms with Crippen molar-refractivity contribution in [1.82, 2.24) is 15.2 Å². The maximum atomic E-state index is 12.5. The summed E-state index contributed by atoms with van der Waals surface area (Å²) in [4.78, 5) is 19.6. The lowest BCUT2D eigenvalue weighted by molar-refractivity contribution is -0.121. The van der Waals surface area contributed by atoms with Gasteiger partial charge in [0.25, 0.3) is 0 Å². The van der Waals surface area contributed by atoms with Crippen molar-refractivity contribution in [2.75, 3.05) is 20.2 Å². The van der Waals surface area contributed by atoms with Crippen LogP contribution in [0.5, 0.6) is 5.75 Å². The summed E-state index contributed by atoms with van der Waals surface area (Å²) in [6, 6.07) is 18.6. The van der Waals surface area contributed by atoms with Gasteiger partial charge in [-0.3, -0.25) is 9.69 Å². The van der Waals surface area contributed by atoms with Gasteiger partial charge in [0.1, 0.15) is 10.8 Å². The van der Waals surface area contributed by atoms with Gasteiger partial charge in [-0.1, -0.05) is 30.3 Å². The molecule has 1 aromatic heterocycles. The Bertz CT molecular complexity index is 948. The molecule has 1 aliphatic rings. The van der Waals surface area contributed by atoms with Crippen LogP contribution < -0.4 is 10.1 Å². The molecule has 0 saturated carbocycles. The summed E-state index contributed by atoms with van der Waals surface area (Å²) in [6.45, 7) is 3.00. The largest absolute Gasteiger partial charge is 0.497 e. The topological polar surface area (TPSA) is 54.5 Å². The molecule has 1 amide bonds. The summed E-state index contributed by atoms with van der Waals surface area (Å²) in [5.41, 5.74) is 3.21. The number of methoxy groups -OCH3 is 1. The van der Waals surface area contributed by atoms with Crippen LogP contribution in [0.25, 0.3) is 10.6 Å². The summed E-state index contributed by atoms with van der Waals surface area (Å²) >= 11 is 1.57. The predicted octanol–water partition coefficient (Wildman–Crippen LogP) is 4.14. The Kier molecular flexibility index (Phi) is 6.77. The summed E-state index contributed by atoms with van der Waals surface area (Å²) in [5, 5.41) is 6.10. The third kappa shape index (κ3) is 5.46. The zero-order chi connectivity index (χ0) is 20.8. The third-order valence-corrected chi connectivity index (χ3v) is 6.37. The molecule has 1 aliphatic heterocycles. The lowest BCUT2D eigenvalue weighted by atomic mass is 10.0. The lowest BCUT2D eigenvalue weighted by Gasteiger charge is -2.32. The van der Waals surface area contributed by atoms with E-state index in [1.54, 1.807) is 18.4 Å². The summed E-state index contributed by atoms with van der Waals surface area (Å²) in [7, 11) is 1.66. The van der Waals surface area contributed by atoms with E-state index in [-0.39, 0.29) is 11.9 Å². The van der Waals surface area contributed by atoms with Crippen molar-refractivity contribution in [1.29, 1.82) is 0 Å². The van der Waals surface area contributed by atoms with Crippen LogP contribution in [0.15, 0.2) is 60.0 Å². The minimum absolute atomic E-state index is 0.0584. The maximum absolute atomic E-state index is 12.5. The first-order valence-corrected chi connectivity index (χ1v) is 11.2. The highest BCUT2D eigenvalue weighted by atomic mass is 32.1. The molecule has 0 unspecified atom stereocenters. The first kappa shape index (κ1) is 20.6. The fourth-order valence-electron chi connectivity index (χ4n) is 3.77. The van der Waals surface area contributed by atoms with Gasteiger partial charge in [-0.15, -0.1) is 11.3 Å². The molecule has 6 heteroatoms. The van der Waals surface area contributed by atoms with E-state index in [1.807, 2.05) is 35.7 Å². The Morgan fingerprint density at radius 3 is 2.57 bits per heavy atom. The number of amides is 1. The number of nitrogens with zero attached hydrogens (tertiary/aromatic N) is 2. The zero-order valence-electron chi connectivity index (χ0n) is 17.2. The Hall–Kier alpha value is -2.70. The Morgan fingerprint density at radius 2 is 1.87 bits per heavy atom. The van der Waals surface area contributed by atoms with E-state index in [9.17, 15) is 4.79 Å². The van der Waals surface area contributed by atoms with Crippen molar-refractivity contribution < 1.29 is 9.53 Å². The number of rotatable bonds is 7. The van der Waals surface area contributed by atoms with E-state index in [1.165, 1.54) is 5.56 Å². The number of nitrogens with one attached hydrogen (secondary N) is 1. The molecular weight excluding hydrogens is 394 g/mol. The summed E-state index contributed by atoms with van der Waals surface area (Å²) < 4.78 is 5.20. The molecule has 1 fully saturated rings. The molecule has 2 aromatic carbocycles. The number of aromatic nitrogens is 1. The number of hydrogen-bond acceptors (Lipinski definition) is 5. The Balaban J connectivity index is 1.24. The van der Waals surface area contributed by atoms with E-state index in [2.05, 4.69) is 39.5 Å². The van der Waals surface area contributed by atoms with Gasteiger partial charge in [0, 0.05) is 36.6 Å². The van der Waals surface area contributed by atoms with Gasteiger partial charge in [0.15, 0.2) is 0 Å². The number of carbonyl (C=O) groups excluding carboxylic acids is 1. The second-order valence-corrected chi connectivity index (χ2v) is 8.51. The second-order valence-electron chi connectivity index (χ2n) is 7.65. The molecule has 0 aliphatic carbocycles. The average molecular weight is 422 g/mol. The molecule has 2 heterocycles. The molecule has 0 bridgehead atoms. The molecule has 0 spiro atoms. The molecule has 5 nitrogen and oxygen atoms in total. The zero-order valence-corrected chi connectivity index (χ0v) is 18.0. The summed E-state index contributed by atoms with van der Waals surface area (Å²) in [5.74, 6) is 0.882. The van der Waals surface area contributed by atoms with Gasteiger partial charge in [-0.05, 0) is 42.7 Å². The van der Waals surface area contributed by atoms with Gasteiger partial charge in [0.05, 0.1) is 19.2 Å². The van der Waals surface area contributed by atoms with E-state index >= 15 is 0 Å². The van der Waals surface area contributed by atoms with Gasteiger partial charge in [0.2, 0.25) is 5.91 Å². The van der Waals surface area contributed by atoms with Crippen LogP contribution in [0.1, 0.15) is 24.1 Å². The minimum Gasteiger partial charge on any atom is -0.497 e. The number of benzene rings is 2. The molecule has 0 radical (unpaired) electrons. The normalized spacial score (nSPS) is 15.1. The molecule has 1 saturated heterocycles. The van der Waals surface area contributed by atoms with Crippen molar-refractivity contribution in [2.24, 2.45) is 0 Å². The van der Waals surface area contributed by atoms with Crippen LogP contribution in [0.3, 0.4) is 0 Å². The van der Waals surface area contributed by atoms with E-state index in [0.717, 1.165) is 54.5 Å². The van der Waals surface area contributed by atoms with Crippen molar-refractivity contribution in [2.45, 2.75) is 31.8 Å². The maximum Gasteiger partial charge on any atom is 0.226 e. The van der Waals surface area contributed by atoms with Crippen molar-refractivity contribution in [3.05, 3.63) is 71.2 Å².